The number of rotatable bonds is 2. The van der Waals surface area contributed by atoms with E-state index in [1.165, 1.54) is 0 Å². The van der Waals surface area contributed by atoms with Crippen LogP contribution in [0.25, 0.3) is 0 Å². The van der Waals surface area contributed by atoms with Crippen LogP contribution in [0, 0.1) is 10.8 Å². The third kappa shape index (κ3) is 3.45. The third-order valence-corrected chi connectivity index (χ3v) is 5.07. The van der Waals surface area contributed by atoms with E-state index in [0.29, 0.717) is 0 Å². The van der Waals surface area contributed by atoms with Gasteiger partial charge >= 0.3 is 0 Å². The minimum atomic E-state index is 0.111. The van der Waals surface area contributed by atoms with E-state index in [1.54, 1.807) is 0 Å². The Morgan fingerprint density at radius 1 is 0.800 bits per heavy atom. The lowest BCUT2D eigenvalue weighted by Gasteiger charge is -2.49. The molecule has 0 aliphatic heterocycles. The molecule has 0 aromatic rings. The summed E-state index contributed by atoms with van der Waals surface area (Å²) in [6.45, 7) is 15.8. The summed E-state index contributed by atoms with van der Waals surface area (Å²) in [4.78, 5) is 0. The van der Waals surface area contributed by atoms with E-state index in [9.17, 15) is 0 Å². The van der Waals surface area contributed by atoms with Crippen LogP contribution in [-0.4, -0.2) is 5.16 Å². The first-order valence-corrected chi connectivity index (χ1v) is 6.23. The summed E-state index contributed by atoms with van der Waals surface area (Å²) in [5, 5.41) is 0.111. The lowest BCUT2D eigenvalue weighted by atomic mass is 9.65. The van der Waals surface area contributed by atoms with Gasteiger partial charge in [0, 0.05) is 5.16 Å². The first kappa shape index (κ1) is 14.9. The topological polar surface area (TPSA) is 0 Å². The lowest BCUT2D eigenvalue weighted by molar-refractivity contribution is 0.183. The van der Waals surface area contributed by atoms with Gasteiger partial charge in [-0.1, -0.05) is 65.8 Å². The van der Waals surface area contributed by atoms with E-state index in [-0.39, 0.29) is 16.0 Å². The summed E-state index contributed by atoms with van der Waals surface area (Å²) in [6, 6.07) is 0. The highest BCUT2D eigenvalue weighted by atomic mass is 31.0. The van der Waals surface area contributed by atoms with E-state index < -0.39 is 0 Å². The highest BCUT2D eigenvalue weighted by Crippen LogP contribution is 2.51. The monoisotopic (exact) mass is 226 g/mol. The van der Waals surface area contributed by atoms with Crippen LogP contribution in [0.2, 0.25) is 0 Å². The van der Waals surface area contributed by atoms with E-state index in [2.05, 4.69) is 75.1 Å². The van der Waals surface area contributed by atoms with Gasteiger partial charge in [0.15, 0.2) is 0 Å². The molecule has 1 unspecified atom stereocenters. The number of allylic oxidation sites excluding steroid dienone is 4. The van der Waals surface area contributed by atoms with E-state index in [0.717, 1.165) is 0 Å². The van der Waals surface area contributed by atoms with Crippen molar-refractivity contribution in [1.82, 2.24) is 0 Å². The van der Waals surface area contributed by atoms with Gasteiger partial charge in [0.1, 0.15) is 0 Å². The van der Waals surface area contributed by atoms with E-state index in [1.807, 2.05) is 6.92 Å². The zero-order chi connectivity index (χ0) is 12.3. The van der Waals surface area contributed by atoms with E-state index in [4.69, 9.17) is 0 Å². The second-order valence-electron chi connectivity index (χ2n) is 6.25. The van der Waals surface area contributed by atoms with Crippen LogP contribution in [0.5, 0.6) is 0 Å². The van der Waals surface area contributed by atoms with Crippen LogP contribution >= 0.6 is 9.24 Å². The minimum absolute atomic E-state index is 0.111. The average molecular weight is 226 g/mol. The smallest absolute Gasteiger partial charge is 0.0126 e. The molecule has 0 aliphatic rings. The van der Waals surface area contributed by atoms with Crippen molar-refractivity contribution in [2.75, 3.05) is 0 Å². The molecular weight excluding hydrogens is 199 g/mol. The fourth-order valence-electron chi connectivity index (χ4n) is 1.94. The molecule has 0 rings (SSSR count). The molecule has 88 valence electrons. The Morgan fingerprint density at radius 3 is 1.47 bits per heavy atom. The molecule has 0 radical (unpaired) electrons. The van der Waals surface area contributed by atoms with Crippen LogP contribution in [0.15, 0.2) is 24.3 Å². The largest absolute Gasteiger partial charge is 0.126 e. The zero-order valence-electron chi connectivity index (χ0n) is 11.4. The molecule has 0 nitrogen and oxygen atoms in total. The summed E-state index contributed by atoms with van der Waals surface area (Å²) in [5.41, 5.74) is 0.460. The Morgan fingerprint density at radius 2 is 1.20 bits per heavy atom. The molecule has 1 atom stereocenters. The van der Waals surface area contributed by atoms with Crippen molar-refractivity contribution < 1.29 is 0 Å². The molecule has 0 N–H and O–H groups in total. The fourth-order valence-corrected chi connectivity index (χ4v) is 2.05. The first-order chi connectivity index (χ1) is 6.56. The van der Waals surface area contributed by atoms with Crippen LogP contribution < -0.4 is 0 Å². The molecule has 0 fully saturated rings. The van der Waals surface area contributed by atoms with Crippen LogP contribution in [-0.2, 0) is 0 Å². The first-order valence-electron chi connectivity index (χ1n) is 5.65. The summed E-state index contributed by atoms with van der Waals surface area (Å²) in [5.74, 6) is 0. The van der Waals surface area contributed by atoms with Gasteiger partial charge in [-0.25, -0.2) is 0 Å². The van der Waals surface area contributed by atoms with Crippen molar-refractivity contribution in [3.8, 4) is 0 Å². The lowest BCUT2D eigenvalue weighted by Crippen LogP contribution is -2.46. The SMILES string of the molecule is CC=CC=CC(P)(C(C)(C)C)C(C)(C)C. The molecule has 15 heavy (non-hydrogen) atoms. The average Bonchev–Trinajstić information content (AvgIpc) is 2.00. The van der Waals surface area contributed by atoms with Crippen LogP contribution in [0.4, 0.5) is 0 Å². The number of hydrogen-bond donors (Lipinski definition) is 0. The molecule has 1 heteroatoms. The molecule has 0 amide bonds. The van der Waals surface area contributed by atoms with Crippen molar-refractivity contribution >= 4 is 9.24 Å². The summed E-state index contributed by atoms with van der Waals surface area (Å²) in [6.07, 6.45) is 8.63. The Hall–Kier alpha value is -0.0900. The Kier molecular flexibility index (Phi) is 4.80. The van der Waals surface area contributed by atoms with Crippen molar-refractivity contribution in [2.24, 2.45) is 10.8 Å². The van der Waals surface area contributed by atoms with Gasteiger partial charge in [-0.2, -0.15) is 0 Å². The number of hydrogen-bond acceptors (Lipinski definition) is 0. The quantitative estimate of drug-likeness (QED) is 0.467. The van der Waals surface area contributed by atoms with Crippen molar-refractivity contribution in [2.45, 2.75) is 53.6 Å². The summed E-state index contributed by atoms with van der Waals surface area (Å²) < 4.78 is 0. The van der Waals surface area contributed by atoms with Crippen molar-refractivity contribution in [3.05, 3.63) is 24.3 Å². The molecular formula is C14H27P. The van der Waals surface area contributed by atoms with Gasteiger partial charge in [0.2, 0.25) is 0 Å². The second-order valence-corrected chi connectivity index (χ2v) is 7.16. The standard InChI is InChI=1S/C14H27P/c1-8-9-10-11-14(15,12(2,3)4)13(5,6)7/h8-11H,15H2,1-7H3. The van der Waals surface area contributed by atoms with E-state index >= 15 is 0 Å². The van der Waals surface area contributed by atoms with Crippen LogP contribution in [0.3, 0.4) is 0 Å². The maximum atomic E-state index is 3.06. The van der Waals surface area contributed by atoms with Gasteiger partial charge in [0.25, 0.3) is 0 Å². The maximum Gasteiger partial charge on any atom is 0.0126 e. The molecule has 0 spiro atoms. The van der Waals surface area contributed by atoms with Gasteiger partial charge in [-0.3, -0.25) is 0 Å². The molecule has 0 aromatic carbocycles. The third-order valence-electron chi connectivity index (χ3n) is 3.14. The summed E-state index contributed by atoms with van der Waals surface area (Å²) in [7, 11) is 3.06. The van der Waals surface area contributed by atoms with Gasteiger partial charge in [-0.05, 0) is 17.8 Å². The Labute approximate surface area is 98.4 Å². The second kappa shape index (κ2) is 4.83. The zero-order valence-corrected chi connectivity index (χ0v) is 12.5. The van der Waals surface area contributed by atoms with Crippen molar-refractivity contribution in [1.29, 1.82) is 0 Å². The Bertz CT molecular complexity index is 231. The molecule has 0 aromatic heterocycles. The van der Waals surface area contributed by atoms with Gasteiger partial charge in [0.05, 0.1) is 0 Å². The molecule has 0 saturated carbocycles. The predicted molar refractivity (Wildman–Crippen MR) is 75.3 cm³/mol. The van der Waals surface area contributed by atoms with Gasteiger partial charge in [-0.15, -0.1) is 9.24 Å². The predicted octanol–water partition coefficient (Wildman–Crippen LogP) is 4.82. The molecule has 0 heterocycles. The molecule has 0 aliphatic carbocycles. The normalized spacial score (nSPS) is 15.5. The van der Waals surface area contributed by atoms with Gasteiger partial charge < -0.3 is 0 Å². The highest BCUT2D eigenvalue weighted by Gasteiger charge is 2.44. The van der Waals surface area contributed by atoms with Crippen LogP contribution in [0.1, 0.15) is 48.5 Å². The Balaban J connectivity index is 5.24. The fraction of sp³-hybridized carbons (Fsp3) is 0.714. The van der Waals surface area contributed by atoms with Crippen molar-refractivity contribution in [3.63, 3.8) is 0 Å². The molecule has 0 saturated heterocycles. The molecule has 0 bridgehead atoms. The highest BCUT2D eigenvalue weighted by molar-refractivity contribution is 7.19. The summed E-state index contributed by atoms with van der Waals surface area (Å²) >= 11 is 0. The maximum absolute atomic E-state index is 3.06. The minimum Gasteiger partial charge on any atom is -0.126 e.